The Morgan fingerprint density at radius 3 is 2.71 bits per heavy atom. The Hall–Kier alpha value is -3.85. The number of fused-ring (bicyclic) bond motifs is 1. The highest BCUT2D eigenvalue weighted by Crippen LogP contribution is 2.23. The smallest absolute Gasteiger partial charge is 0.276 e. The fourth-order valence-corrected chi connectivity index (χ4v) is 4.38. The molecule has 2 aromatic carbocycles. The van der Waals surface area contributed by atoms with E-state index in [1.165, 1.54) is 4.90 Å². The summed E-state index contributed by atoms with van der Waals surface area (Å²) in [6, 6.07) is 15.8. The SMILES string of the molecule is CCc1cc(C(=O)N2CCCCNC(=O)c3cc(Cl)ccc3OC[C@@H](Cc3ccccc3)NC(=O)C2)no1. The second-order valence-corrected chi connectivity index (χ2v) is 9.56. The molecule has 38 heavy (non-hydrogen) atoms. The molecule has 9 nitrogen and oxygen atoms in total. The number of ether oxygens (including phenoxy) is 1. The van der Waals surface area contributed by atoms with E-state index >= 15 is 0 Å². The zero-order valence-electron chi connectivity index (χ0n) is 21.2. The molecule has 1 aliphatic rings. The number of halogens is 1. The molecule has 0 unspecified atom stereocenters. The molecule has 0 fully saturated rings. The van der Waals surface area contributed by atoms with E-state index in [0.717, 1.165) is 5.56 Å². The van der Waals surface area contributed by atoms with Gasteiger partial charge >= 0.3 is 0 Å². The minimum Gasteiger partial charge on any atom is -0.491 e. The number of aryl methyl sites for hydroxylation is 1. The second kappa shape index (κ2) is 13.1. The predicted molar refractivity (Wildman–Crippen MR) is 142 cm³/mol. The van der Waals surface area contributed by atoms with Gasteiger partial charge in [-0.1, -0.05) is 54.0 Å². The molecule has 1 atom stereocenters. The third kappa shape index (κ3) is 7.35. The van der Waals surface area contributed by atoms with E-state index in [1.54, 1.807) is 24.3 Å². The van der Waals surface area contributed by atoms with Crippen LogP contribution in [0.2, 0.25) is 5.02 Å². The average Bonchev–Trinajstić information content (AvgIpc) is 3.40. The number of aromatic nitrogens is 1. The van der Waals surface area contributed by atoms with Gasteiger partial charge in [-0.3, -0.25) is 14.4 Å². The van der Waals surface area contributed by atoms with Gasteiger partial charge in [-0.25, -0.2) is 0 Å². The molecule has 2 N–H and O–H groups in total. The third-order valence-electron chi connectivity index (χ3n) is 6.20. The average molecular weight is 539 g/mol. The lowest BCUT2D eigenvalue weighted by atomic mass is 10.1. The zero-order valence-corrected chi connectivity index (χ0v) is 22.0. The fraction of sp³-hybridized carbons (Fsp3) is 0.357. The summed E-state index contributed by atoms with van der Waals surface area (Å²) in [4.78, 5) is 40.7. The van der Waals surface area contributed by atoms with Crippen molar-refractivity contribution in [1.29, 1.82) is 0 Å². The van der Waals surface area contributed by atoms with E-state index in [0.29, 0.717) is 60.9 Å². The van der Waals surface area contributed by atoms with Crippen LogP contribution >= 0.6 is 11.6 Å². The number of nitrogens with zero attached hydrogens (tertiary/aromatic N) is 2. The lowest BCUT2D eigenvalue weighted by molar-refractivity contribution is -0.122. The molecule has 3 aromatic rings. The minimum atomic E-state index is -0.419. The van der Waals surface area contributed by atoms with Crippen LogP contribution in [0.15, 0.2) is 59.1 Å². The van der Waals surface area contributed by atoms with Gasteiger partial charge in [-0.2, -0.15) is 0 Å². The predicted octanol–water partition coefficient (Wildman–Crippen LogP) is 3.66. The summed E-state index contributed by atoms with van der Waals surface area (Å²) < 4.78 is 11.2. The second-order valence-electron chi connectivity index (χ2n) is 9.13. The van der Waals surface area contributed by atoms with E-state index in [4.69, 9.17) is 20.9 Å². The molecular formula is C28H31ClN4O5. The van der Waals surface area contributed by atoms with Crippen LogP contribution in [0.3, 0.4) is 0 Å². The Labute approximate surface area is 226 Å². The van der Waals surface area contributed by atoms with Gasteiger partial charge in [0.25, 0.3) is 11.8 Å². The fourth-order valence-electron chi connectivity index (χ4n) is 4.21. The number of amides is 3. The quantitative estimate of drug-likeness (QED) is 0.524. The lowest BCUT2D eigenvalue weighted by Gasteiger charge is -2.24. The van der Waals surface area contributed by atoms with Crippen LogP contribution in [0.5, 0.6) is 5.75 Å². The minimum absolute atomic E-state index is 0.111. The summed E-state index contributed by atoms with van der Waals surface area (Å²) in [5.41, 5.74) is 1.50. The molecule has 2 heterocycles. The Bertz CT molecular complexity index is 1260. The summed E-state index contributed by atoms with van der Waals surface area (Å²) in [6.07, 6.45) is 2.28. The first kappa shape index (κ1) is 27.2. The van der Waals surface area contributed by atoms with Crippen LogP contribution in [0, 0.1) is 0 Å². The van der Waals surface area contributed by atoms with Gasteiger partial charge in [0.1, 0.15) is 18.1 Å². The van der Waals surface area contributed by atoms with Gasteiger partial charge in [0.15, 0.2) is 5.69 Å². The van der Waals surface area contributed by atoms with Crippen molar-refractivity contribution in [2.24, 2.45) is 0 Å². The molecular weight excluding hydrogens is 508 g/mol. The highest BCUT2D eigenvalue weighted by Gasteiger charge is 2.24. The molecule has 10 heteroatoms. The van der Waals surface area contributed by atoms with Crippen molar-refractivity contribution in [3.05, 3.63) is 82.2 Å². The maximum absolute atomic E-state index is 13.2. The maximum atomic E-state index is 13.2. The molecule has 1 aliphatic heterocycles. The topological polar surface area (TPSA) is 114 Å². The number of rotatable bonds is 4. The number of carbonyl (C=O) groups is 3. The van der Waals surface area contributed by atoms with Gasteiger partial charge in [0.05, 0.1) is 18.2 Å². The molecule has 3 amide bonds. The summed E-state index contributed by atoms with van der Waals surface area (Å²) in [6.45, 7) is 2.58. The molecule has 0 radical (unpaired) electrons. The van der Waals surface area contributed by atoms with E-state index < -0.39 is 6.04 Å². The van der Waals surface area contributed by atoms with Crippen LogP contribution in [0.25, 0.3) is 0 Å². The first-order chi connectivity index (χ1) is 18.4. The van der Waals surface area contributed by atoms with Gasteiger partial charge < -0.3 is 24.8 Å². The summed E-state index contributed by atoms with van der Waals surface area (Å²) in [5.74, 6) is -0.0248. The van der Waals surface area contributed by atoms with E-state index in [2.05, 4.69) is 15.8 Å². The number of hydrogen-bond acceptors (Lipinski definition) is 6. The Kier molecular flexibility index (Phi) is 9.37. The molecule has 0 spiro atoms. The monoisotopic (exact) mass is 538 g/mol. The zero-order chi connectivity index (χ0) is 26.9. The van der Waals surface area contributed by atoms with Gasteiger partial charge in [0.2, 0.25) is 5.91 Å². The molecule has 4 rings (SSSR count). The number of nitrogens with one attached hydrogen (secondary N) is 2. The summed E-state index contributed by atoms with van der Waals surface area (Å²) in [5, 5.41) is 10.2. The molecule has 0 saturated carbocycles. The van der Waals surface area contributed by atoms with Crippen LogP contribution in [0.1, 0.15) is 51.9 Å². The van der Waals surface area contributed by atoms with Crippen LogP contribution in [-0.2, 0) is 17.6 Å². The molecule has 0 saturated heterocycles. The van der Waals surface area contributed by atoms with Gasteiger partial charge in [-0.05, 0) is 43.0 Å². The Morgan fingerprint density at radius 2 is 1.95 bits per heavy atom. The Balaban J connectivity index is 1.57. The number of benzene rings is 2. The highest BCUT2D eigenvalue weighted by atomic mass is 35.5. The molecule has 1 aromatic heterocycles. The van der Waals surface area contributed by atoms with Crippen molar-refractivity contribution in [2.75, 3.05) is 26.2 Å². The van der Waals surface area contributed by atoms with Crippen LogP contribution in [0.4, 0.5) is 0 Å². The third-order valence-corrected chi connectivity index (χ3v) is 6.44. The van der Waals surface area contributed by atoms with Crippen molar-refractivity contribution in [1.82, 2.24) is 20.7 Å². The summed E-state index contributed by atoms with van der Waals surface area (Å²) >= 11 is 6.16. The van der Waals surface area contributed by atoms with Crippen molar-refractivity contribution in [2.45, 2.75) is 38.6 Å². The standard InChI is InChI=1S/C28H31ClN4O5/c1-2-22-16-24(32-38-22)28(36)33-13-7-6-12-30-27(35)23-15-20(29)10-11-25(23)37-18-21(31-26(34)17-33)14-19-8-4-3-5-9-19/h3-5,8-11,15-16,21H,2,6-7,12-14,17-18H2,1H3,(H,30,35)(H,31,34)/t21-/m1/s1. The van der Waals surface area contributed by atoms with E-state index in [9.17, 15) is 14.4 Å². The first-order valence-electron chi connectivity index (χ1n) is 12.7. The van der Waals surface area contributed by atoms with Crippen molar-refractivity contribution in [3.63, 3.8) is 0 Å². The maximum Gasteiger partial charge on any atom is 0.276 e. The number of carbonyl (C=O) groups excluding carboxylic acids is 3. The lowest BCUT2D eigenvalue weighted by Crippen LogP contribution is -2.47. The highest BCUT2D eigenvalue weighted by molar-refractivity contribution is 6.31. The van der Waals surface area contributed by atoms with E-state index in [1.807, 2.05) is 37.3 Å². The summed E-state index contributed by atoms with van der Waals surface area (Å²) in [7, 11) is 0. The first-order valence-corrected chi connectivity index (χ1v) is 13.1. The van der Waals surface area contributed by atoms with Gasteiger partial charge in [-0.15, -0.1) is 0 Å². The van der Waals surface area contributed by atoms with Crippen molar-refractivity contribution >= 4 is 29.3 Å². The Morgan fingerprint density at radius 1 is 1.13 bits per heavy atom. The van der Waals surface area contributed by atoms with Crippen molar-refractivity contribution in [3.8, 4) is 5.75 Å². The number of hydrogen-bond donors (Lipinski definition) is 2. The molecule has 0 aliphatic carbocycles. The largest absolute Gasteiger partial charge is 0.491 e. The van der Waals surface area contributed by atoms with Crippen molar-refractivity contribution < 1.29 is 23.6 Å². The van der Waals surface area contributed by atoms with E-state index in [-0.39, 0.29) is 36.6 Å². The normalized spacial score (nSPS) is 17.3. The molecule has 200 valence electrons. The van der Waals surface area contributed by atoms with Gasteiger partial charge in [0, 0.05) is 30.6 Å². The van der Waals surface area contributed by atoms with Crippen LogP contribution < -0.4 is 15.4 Å². The molecule has 0 bridgehead atoms. The van der Waals surface area contributed by atoms with Crippen LogP contribution in [-0.4, -0.2) is 60.1 Å².